The lowest BCUT2D eigenvalue weighted by Gasteiger charge is -2.24. The fourth-order valence-electron chi connectivity index (χ4n) is 4.93. The van der Waals surface area contributed by atoms with Gasteiger partial charge in [0.25, 0.3) is 15.9 Å². The molecule has 1 aromatic heterocycles. The zero-order chi connectivity index (χ0) is 23.7. The number of aryl methyl sites for hydroxylation is 1. The first-order valence-electron chi connectivity index (χ1n) is 11.9. The van der Waals surface area contributed by atoms with E-state index in [-0.39, 0.29) is 16.8 Å². The van der Waals surface area contributed by atoms with Crippen molar-refractivity contribution < 1.29 is 13.2 Å². The Morgan fingerprint density at radius 2 is 1.94 bits per heavy atom. The molecule has 34 heavy (non-hydrogen) atoms. The zero-order valence-electron chi connectivity index (χ0n) is 19.3. The zero-order valence-corrected chi connectivity index (χ0v) is 20.1. The number of nitrogens with zero attached hydrogens (tertiary/aromatic N) is 4. The average molecular weight is 480 g/mol. The van der Waals surface area contributed by atoms with Crippen LogP contribution in [0.25, 0.3) is 0 Å². The molecule has 3 heterocycles. The van der Waals surface area contributed by atoms with Gasteiger partial charge in [0.1, 0.15) is 11.6 Å². The van der Waals surface area contributed by atoms with Crippen molar-refractivity contribution in [1.82, 2.24) is 20.1 Å². The number of sulfonamides is 1. The molecule has 0 radical (unpaired) electrons. The average Bonchev–Trinajstić information content (AvgIpc) is 3.29. The van der Waals surface area contributed by atoms with Crippen LogP contribution in [0.3, 0.4) is 0 Å². The quantitative estimate of drug-likeness (QED) is 0.586. The third kappa shape index (κ3) is 4.20. The molecule has 178 valence electrons. The van der Waals surface area contributed by atoms with Crippen LogP contribution in [-0.4, -0.2) is 41.7 Å². The molecule has 2 aliphatic rings. The van der Waals surface area contributed by atoms with E-state index in [0.717, 1.165) is 43.0 Å². The maximum atomic E-state index is 13.5. The fourth-order valence-corrected chi connectivity index (χ4v) is 6.67. The summed E-state index contributed by atoms with van der Waals surface area (Å²) in [5, 5.41) is 11.5. The number of carbonyl (C=O) groups excluding carboxylic acids is 1. The smallest absolute Gasteiger partial charge is 0.264 e. The Bertz CT molecular complexity index is 1320. The third-order valence-corrected chi connectivity index (χ3v) is 8.54. The van der Waals surface area contributed by atoms with E-state index in [1.165, 1.54) is 16.8 Å². The number of fused-ring (bicyclic) bond motifs is 2. The molecular formula is C25H29N5O3S. The highest BCUT2D eigenvalue weighted by Gasteiger charge is 2.36. The van der Waals surface area contributed by atoms with Gasteiger partial charge in [-0.2, -0.15) is 0 Å². The van der Waals surface area contributed by atoms with Gasteiger partial charge >= 0.3 is 0 Å². The molecule has 1 N–H and O–H groups in total. The molecule has 8 nitrogen and oxygen atoms in total. The predicted molar refractivity (Wildman–Crippen MR) is 129 cm³/mol. The van der Waals surface area contributed by atoms with Gasteiger partial charge < -0.3 is 9.88 Å². The second-order valence-corrected chi connectivity index (χ2v) is 10.8. The second kappa shape index (κ2) is 9.21. The Morgan fingerprint density at radius 3 is 2.82 bits per heavy atom. The van der Waals surface area contributed by atoms with Gasteiger partial charge in [-0.05, 0) is 56.0 Å². The molecule has 0 bridgehead atoms. The molecular weight excluding hydrogens is 450 g/mol. The third-order valence-electron chi connectivity index (χ3n) is 6.62. The Kier molecular flexibility index (Phi) is 6.12. The van der Waals surface area contributed by atoms with Crippen molar-refractivity contribution in [2.24, 2.45) is 0 Å². The topological polar surface area (TPSA) is 97.2 Å². The van der Waals surface area contributed by atoms with Crippen molar-refractivity contribution in [3.05, 3.63) is 71.3 Å². The van der Waals surface area contributed by atoms with Gasteiger partial charge in [0.05, 0.1) is 10.6 Å². The number of carbonyl (C=O) groups is 1. The SMILES string of the molecule is CC1Cc2ccccc2N1S(=O)(=O)c1cccc(C(=O)NCCc2nnc3n2CCCCC3)c1. The molecule has 2 aliphatic heterocycles. The van der Waals surface area contributed by atoms with Crippen LogP contribution in [0.4, 0.5) is 5.69 Å². The molecule has 0 saturated carbocycles. The van der Waals surface area contributed by atoms with Gasteiger partial charge in [-0.15, -0.1) is 10.2 Å². The van der Waals surface area contributed by atoms with Gasteiger partial charge in [-0.1, -0.05) is 30.7 Å². The van der Waals surface area contributed by atoms with Gasteiger partial charge in [-0.25, -0.2) is 8.42 Å². The summed E-state index contributed by atoms with van der Waals surface area (Å²) in [6.07, 6.45) is 5.64. The van der Waals surface area contributed by atoms with Crippen LogP contribution >= 0.6 is 0 Å². The van der Waals surface area contributed by atoms with Crippen LogP contribution in [-0.2, 0) is 35.8 Å². The Morgan fingerprint density at radius 1 is 1.09 bits per heavy atom. The van der Waals surface area contributed by atoms with Crippen LogP contribution in [0.15, 0.2) is 53.4 Å². The molecule has 1 unspecified atom stereocenters. The number of hydrogen-bond donors (Lipinski definition) is 1. The number of hydrogen-bond acceptors (Lipinski definition) is 5. The van der Waals surface area contributed by atoms with E-state index < -0.39 is 10.0 Å². The number of nitrogens with one attached hydrogen (secondary N) is 1. The van der Waals surface area contributed by atoms with Crippen molar-refractivity contribution in [3.63, 3.8) is 0 Å². The van der Waals surface area contributed by atoms with Crippen LogP contribution < -0.4 is 9.62 Å². The second-order valence-electron chi connectivity index (χ2n) is 9.01. The lowest BCUT2D eigenvalue weighted by atomic mass is 10.1. The maximum Gasteiger partial charge on any atom is 0.264 e. The first kappa shape index (κ1) is 22.6. The van der Waals surface area contributed by atoms with Gasteiger partial charge in [0, 0.05) is 37.5 Å². The van der Waals surface area contributed by atoms with Crippen LogP contribution in [0.2, 0.25) is 0 Å². The number of aromatic nitrogens is 3. The number of rotatable bonds is 6. The number of benzene rings is 2. The summed E-state index contributed by atoms with van der Waals surface area (Å²) in [6, 6.07) is 13.6. The van der Waals surface area contributed by atoms with Crippen LogP contribution in [0, 0.1) is 0 Å². The summed E-state index contributed by atoms with van der Waals surface area (Å²) in [4.78, 5) is 12.9. The van der Waals surface area contributed by atoms with Crippen LogP contribution in [0.5, 0.6) is 0 Å². The maximum absolute atomic E-state index is 13.5. The van der Waals surface area contributed by atoms with E-state index in [9.17, 15) is 13.2 Å². The molecule has 0 aliphatic carbocycles. The van der Waals surface area contributed by atoms with Gasteiger partial charge in [0.15, 0.2) is 0 Å². The Balaban J connectivity index is 1.29. The largest absolute Gasteiger partial charge is 0.352 e. The van der Waals surface area contributed by atoms with Crippen molar-refractivity contribution >= 4 is 21.6 Å². The molecule has 0 saturated heterocycles. The van der Waals surface area contributed by atoms with E-state index in [2.05, 4.69) is 20.1 Å². The van der Waals surface area contributed by atoms with E-state index in [4.69, 9.17) is 0 Å². The number of para-hydroxylation sites is 1. The van der Waals surface area contributed by atoms with E-state index >= 15 is 0 Å². The van der Waals surface area contributed by atoms with Crippen molar-refractivity contribution in [3.8, 4) is 0 Å². The van der Waals surface area contributed by atoms with Gasteiger partial charge in [-0.3, -0.25) is 9.10 Å². The molecule has 3 aromatic rings. The normalized spacial score (nSPS) is 17.7. The molecule has 5 rings (SSSR count). The monoisotopic (exact) mass is 479 g/mol. The van der Waals surface area contributed by atoms with E-state index in [0.29, 0.717) is 30.6 Å². The summed E-state index contributed by atoms with van der Waals surface area (Å²) in [7, 11) is -3.80. The fraction of sp³-hybridized carbons (Fsp3) is 0.400. The van der Waals surface area contributed by atoms with E-state index in [1.807, 2.05) is 31.2 Å². The summed E-state index contributed by atoms with van der Waals surface area (Å²) in [6.45, 7) is 3.23. The minimum absolute atomic E-state index is 0.117. The summed E-state index contributed by atoms with van der Waals surface area (Å²) >= 11 is 0. The molecule has 9 heteroatoms. The highest BCUT2D eigenvalue weighted by atomic mass is 32.2. The molecule has 1 atom stereocenters. The minimum atomic E-state index is -3.80. The minimum Gasteiger partial charge on any atom is -0.352 e. The first-order valence-corrected chi connectivity index (χ1v) is 13.3. The van der Waals surface area contributed by atoms with Crippen LogP contribution in [0.1, 0.15) is 53.8 Å². The molecule has 1 amide bonds. The van der Waals surface area contributed by atoms with E-state index in [1.54, 1.807) is 18.2 Å². The van der Waals surface area contributed by atoms with Crippen molar-refractivity contribution in [2.75, 3.05) is 10.8 Å². The molecule has 2 aromatic carbocycles. The Hall–Kier alpha value is -3.20. The molecule has 0 fully saturated rings. The molecule has 0 spiro atoms. The summed E-state index contributed by atoms with van der Waals surface area (Å²) < 4.78 is 30.6. The number of anilines is 1. The number of amides is 1. The van der Waals surface area contributed by atoms with Crippen molar-refractivity contribution in [1.29, 1.82) is 0 Å². The highest BCUT2D eigenvalue weighted by Crippen LogP contribution is 2.36. The first-order chi connectivity index (χ1) is 16.4. The summed E-state index contributed by atoms with van der Waals surface area (Å²) in [5.74, 6) is 1.60. The summed E-state index contributed by atoms with van der Waals surface area (Å²) in [5.41, 5.74) is 2.04. The Labute approximate surface area is 200 Å². The lowest BCUT2D eigenvalue weighted by Crippen LogP contribution is -2.36. The lowest BCUT2D eigenvalue weighted by molar-refractivity contribution is 0.0953. The predicted octanol–water partition coefficient (Wildman–Crippen LogP) is 3.12. The van der Waals surface area contributed by atoms with Gasteiger partial charge in [0.2, 0.25) is 0 Å². The highest BCUT2D eigenvalue weighted by molar-refractivity contribution is 7.92. The standard InChI is InChI=1S/C25H29N5O3S/c1-18-16-19-8-4-5-11-22(19)30(18)34(32,33)21-10-7-9-20(17-21)25(31)26-14-13-24-28-27-23-12-3-2-6-15-29(23)24/h4-5,7-11,17-18H,2-3,6,12-16H2,1H3,(H,26,31). The van der Waals surface area contributed by atoms with Crippen molar-refractivity contribution in [2.45, 2.75) is 62.9 Å².